The van der Waals surface area contributed by atoms with Crippen molar-refractivity contribution in [3.63, 3.8) is 0 Å². The van der Waals surface area contributed by atoms with Crippen LogP contribution in [0.3, 0.4) is 0 Å². The molecular formula is C16H18FN3. The molecule has 1 N–H and O–H groups in total. The molecular weight excluding hydrogens is 253 g/mol. The van der Waals surface area contributed by atoms with Crippen LogP contribution < -0.4 is 5.32 Å². The third kappa shape index (κ3) is 2.50. The number of hydrogen-bond acceptors (Lipinski definition) is 3. The molecule has 1 aliphatic rings. The quantitative estimate of drug-likeness (QED) is 0.904. The van der Waals surface area contributed by atoms with E-state index in [0.717, 1.165) is 36.1 Å². The zero-order chi connectivity index (χ0) is 14.1. The van der Waals surface area contributed by atoms with Crippen molar-refractivity contribution in [1.29, 1.82) is 0 Å². The maximum Gasteiger partial charge on any atom is 0.223 e. The third-order valence-corrected chi connectivity index (χ3v) is 3.95. The van der Waals surface area contributed by atoms with E-state index >= 15 is 0 Å². The SMILES string of the molecule is Cc1cnc(NC2CCCc3ccc(F)cc32)nc1C. The molecule has 2 aromatic rings. The fourth-order valence-electron chi connectivity index (χ4n) is 2.67. The lowest BCUT2D eigenvalue weighted by Crippen LogP contribution is -2.19. The minimum atomic E-state index is -0.182. The number of nitrogens with zero attached hydrogens (tertiary/aromatic N) is 2. The van der Waals surface area contributed by atoms with Gasteiger partial charge in [-0.2, -0.15) is 0 Å². The molecule has 0 fully saturated rings. The van der Waals surface area contributed by atoms with E-state index in [0.29, 0.717) is 5.95 Å². The van der Waals surface area contributed by atoms with Gasteiger partial charge >= 0.3 is 0 Å². The Kier molecular flexibility index (Phi) is 3.38. The highest BCUT2D eigenvalue weighted by Gasteiger charge is 2.21. The van der Waals surface area contributed by atoms with Crippen molar-refractivity contribution < 1.29 is 4.39 Å². The molecule has 0 saturated heterocycles. The molecule has 0 radical (unpaired) electrons. The predicted molar refractivity (Wildman–Crippen MR) is 77.2 cm³/mol. The summed E-state index contributed by atoms with van der Waals surface area (Å²) < 4.78 is 13.5. The van der Waals surface area contributed by atoms with Crippen molar-refractivity contribution in [2.45, 2.75) is 39.2 Å². The molecule has 1 aliphatic carbocycles. The van der Waals surface area contributed by atoms with E-state index < -0.39 is 0 Å². The van der Waals surface area contributed by atoms with Crippen LogP contribution in [0.4, 0.5) is 10.3 Å². The number of rotatable bonds is 2. The van der Waals surface area contributed by atoms with Crippen molar-refractivity contribution in [1.82, 2.24) is 9.97 Å². The molecule has 20 heavy (non-hydrogen) atoms. The number of benzene rings is 1. The van der Waals surface area contributed by atoms with Gasteiger partial charge in [0.25, 0.3) is 0 Å². The molecule has 1 aromatic carbocycles. The maximum absolute atomic E-state index is 13.5. The number of fused-ring (bicyclic) bond motifs is 1. The molecule has 1 aromatic heterocycles. The van der Waals surface area contributed by atoms with E-state index in [1.54, 1.807) is 6.07 Å². The summed E-state index contributed by atoms with van der Waals surface area (Å²) >= 11 is 0. The van der Waals surface area contributed by atoms with Gasteiger partial charge in [-0.05, 0) is 61.9 Å². The van der Waals surface area contributed by atoms with E-state index in [4.69, 9.17) is 0 Å². The lowest BCUT2D eigenvalue weighted by atomic mass is 9.87. The lowest BCUT2D eigenvalue weighted by molar-refractivity contribution is 0.577. The Morgan fingerprint density at radius 1 is 1.30 bits per heavy atom. The van der Waals surface area contributed by atoms with Gasteiger partial charge in [-0.15, -0.1) is 0 Å². The smallest absolute Gasteiger partial charge is 0.223 e. The summed E-state index contributed by atoms with van der Waals surface area (Å²) in [6.07, 6.45) is 4.91. The first-order chi connectivity index (χ1) is 9.63. The van der Waals surface area contributed by atoms with Crippen LogP contribution in [0.5, 0.6) is 0 Å². The Bertz CT molecular complexity index is 640. The highest BCUT2D eigenvalue weighted by molar-refractivity contribution is 5.39. The number of aromatic nitrogens is 2. The number of anilines is 1. The number of hydrogen-bond donors (Lipinski definition) is 1. The zero-order valence-corrected chi connectivity index (χ0v) is 11.8. The predicted octanol–water partition coefficient (Wildman–Crippen LogP) is 3.72. The summed E-state index contributed by atoms with van der Waals surface area (Å²) in [7, 11) is 0. The fraction of sp³-hybridized carbons (Fsp3) is 0.375. The summed E-state index contributed by atoms with van der Waals surface area (Å²) in [5, 5.41) is 3.34. The first kappa shape index (κ1) is 13.0. The molecule has 0 bridgehead atoms. The van der Waals surface area contributed by atoms with Crippen LogP contribution in [0.15, 0.2) is 24.4 Å². The fourth-order valence-corrected chi connectivity index (χ4v) is 2.67. The number of aryl methyl sites for hydroxylation is 3. The lowest BCUT2D eigenvalue weighted by Gasteiger charge is -2.26. The molecule has 1 heterocycles. The van der Waals surface area contributed by atoms with E-state index in [1.165, 1.54) is 11.6 Å². The minimum absolute atomic E-state index is 0.0940. The first-order valence-electron chi connectivity index (χ1n) is 6.98. The summed E-state index contributed by atoms with van der Waals surface area (Å²) in [6, 6.07) is 5.15. The molecule has 4 heteroatoms. The average Bonchev–Trinajstić information content (AvgIpc) is 2.44. The highest BCUT2D eigenvalue weighted by atomic mass is 19.1. The number of nitrogens with one attached hydrogen (secondary N) is 1. The van der Waals surface area contributed by atoms with Gasteiger partial charge in [-0.3, -0.25) is 0 Å². The van der Waals surface area contributed by atoms with Crippen molar-refractivity contribution >= 4 is 5.95 Å². The van der Waals surface area contributed by atoms with E-state index in [-0.39, 0.29) is 11.9 Å². The summed E-state index contributed by atoms with van der Waals surface area (Å²) in [4.78, 5) is 8.76. The van der Waals surface area contributed by atoms with Gasteiger partial charge in [0, 0.05) is 11.9 Å². The second-order valence-corrected chi connectivity index (χ2v) is 5.39. The van der Waals surface area contributed by atoms with Crippen molar-refractivity contribution in [3.8, 4) is 0 Å². The monoisotopic (exact) mass is 271 g/mol. The number of halogens is 1. The van der Waals surface area contributed by atoms with Gasteiger partial charge < -0.3 is 5.32 Å². The van der Waals surface area contributed by atoms with Crippen LogP contribution in [-0.2, 0) is 6.42 Å². The maximum atomic E-state index is 13.5. The van der Waals surface area contributed by atoms with Gasteiger partial charge in [0.2, 0.25) is 5.95 Å². The van der Waals surface area contributed by atoms with Crippen LogP contribution in [0.2, 0.25) is 0 Å². The second kappa shape index (κ2) is 5.19. The molecule has 0 spiro atoms. The normalized spacial score (nSPS) is 17.6. The second-order valence-electron chi connectivity index (χ2n) is 5.39. The molecule has 3 rings (SSSR count). The zero-order valence-electron chi connectivity index (χ0n) is 11.8. The largest absolute Gasteiger partial charge is 0.347 e. The van der Waals surface area contributed by atoms with Crippen LogP contribution >= 0.6 is 0 Å². The van der Waals surface area contributed by atoms with Gasteiger partial charge in [-0.25, -0.2) is 14.4 Å². The van der Waals surface area contributed by atoms with Crippen molar-refractivity contribution in [2.24, 2.45) is 0 Å². The van der Waals surface area contributed by atoms with E-state index in [9.17, 15) is 4.39 Å². The Hall–Kier alpha value is -1.97. The molecule has 3 nitrogen and oxygen atoms in total. The molecule has 0 amide bonds. The summed E-state index contributed by atoms with van der Waals surface area (Å²) in [6.45, 7) is 3.96. The van der Waals surface area contributed by atoms with Crippen LogP contribution in [-0.4, -0.2) is 9.97 Å². The molecule has 0 aliphatic heterocycles. The van der Waals surface area contributed by atoms with Crippen LogP contribution in [0, 0.1) is 19.7 Å². The topological polar surface area (TPSA) is 37.8 Å². The van der Waals surface area contributed by atoms with Crippen molar-refractivity contribution in [3.05, 3.63) is 52.6 Å². The van der Waals surface area contributed by atoms with Crippen molar-refractivity contribution in [2.75, 3.05) is 5.32 Å². The van der Waals surface area contributed by atoms with Crippen LogP contribution in [0.25, 0.3) is 0 Å². The minimum Gasteiger partial charge on any atom is -0.347 e. The molecule has 1 unspecified atom stereocenters. The molecule has 104 valence electrons. The highest BCUT2D eigenvalue weighted by Crippen LogP contribution is 2.32. The first-order valence-corrected chi connectivity index (χ1v) is 6.98. The van der Waals surface area contributed by atoms with Gasteiger partial charge in [0.15, 0.2) is 0 Å². The average molecular weight is 271 g/mol. The summed E-state index contributed by atoms with van der Waals surface area (Å²) in [5.74, 6) is 0.439. The Labute approximate surface area is 118 Å². The molecule has 0 saturated carbocycles. The molecule has 1 atom stereocenters. The Morgan fingerprint density at radius 3 is 2.95 bits per heavy atom. The third-order valence-electron chi connectivity index (χ3n) is 3.95. The van der Waals surface area contributed by atoms with Gasteiger partial charge in [0.05, 0.1) is 6.04 Å². The van der Waals surface area contributed by atoms with Crippen LogP contribution in [0.1, 0.15) is 41.3 Å². The van der Waals surface area contributed by atoms with E-state index in [2.05, 4.69) is 15.3 Å². The van der Waals surface area contributed by atoms with Gasteiger partial charge in [0.1, 0.15) is 5.82 Å². The van der Waals surface area contributed by atoms with E-state index in [1.807, 2.05) is 26.1 Å². The Morgan fingerprint density at radius 2 is 2.15 bits per heavy atom. The standard InChI is InChI=1S/C16H18FN3/c1-10-9-18-16(19-11(10)2)20-15-5-3-4-12-6-7-13(17)8-14(12)15/h6-9,15H,3-5H2,1-2H3,(H,18,19,20). The summed E-state index contributed by atoms with van der Waals surface area (Å²) in [5.41, 5.74) is 4.31. The van der Waals surface area contributed by atoms with Gasteiger partial charge in [-0.1, -0.05) is 6.07 Å². The Balaban J connectivity index is 1.89.